The maximum atomic E-state index is 13.9. The highest BCUT2D eigenvalue weighted by molar-refractivity contribution is 14.1. The summed E-state index contributed by atoms with van der Waals surface area (Å²) in [6, 6.07) is 14.7. The van der Waals surface area contributed by atoms with E-state index in [0.29, 0.717) is 38.2 Å². The summed E-state index contributed by atoms with van der Waals surface area (Å²) in [4.78, 5) is 16.6. The minimum Gasteiger partial charge on any atom is -0.493 e. The molecule has 3 aromatic carbocycles. The van der Waals surface area contributed by atoms with Crippen molar-refractivity contribution in [3.8, 4) is 11.5 Å². The lowest BCUT2D eigenvalue weighted by molar-refractivity contribution is -0.129. The first-order chi connectivity index (χ1) is 15.9. The van der Waals surface area contributed by atoms with Gasteiger partial charge >= 0.3 is 5.97 Å². The van der Waals surface area contributed by atoms with Gasteiger partial charge in [0.25, 0.3) is 0 Å². The Labute approximate surface area is 212 Å². The summed E-state index contributed by atoms with van der Waals surface area (Å²) >= 11 is 14.1. The molecule has 0 saturated carbocycles. The smallest absolute Gasteiger partial charge is 0.363 e. The Kier molecular flexibility index (Phi) is 7.21. The van der Waals surface area contributed by atoms with Crippen LogP contribution < -0.4 is 9.47 Å². The van der Waals surface area contributed by atoms with Gasteiger partial charge in [0, 0.05) is 11.1 Å². The summed E-state index contributed by atoms with van der Waals surface area (Å²) in [7, 11) is 1.50. The molecule has 0 aliphatic carbocycles. The molecule has 9 heteroatoms. The molecule has 4 rings (SSSR count). The number of hydrogen-bond acceptors (Lipinski definition) is 5. The zero-order chi connectivity index (χ0) is 23.5. The van der Waals surface area contributed by atoms with Crippen LogP contribution in [0.2, 0.25) is 10.0 Å². The third-order valence-electron chi connectivity index (χ3n) is 4.67. The maximum absolute atomic E-state index is 13.9. The highest BCUT2D eigenvalue weighted by atomic mass is 127. The van der Waals surface area contributed by atoms with Crippen molar-refractivity contribution >= 4 is 63.7 Å². The van der Waals surface area contributed by atoms with Gasteiger partial charge < -0.3 is 14.2 Å². The standard InChI is InChI=1S/C24H15Cl2FINO4/c1-31-21-10-13(8-19(28)22(21)32-12-15-4-2-3-5-18(15)27)9-20-24(30)33-23(29-20)14-6-7-16(25)17(26)11-14/h2-11H,12H2,1H3/b20-9-. The predicted octanol–water partition coefficient (Wildman–Crippen LogP) is 6.67. The van der Waals surface area contributed by atoms with Gasteiger partial charge in [-0.1, -0.05) is 41.4 Å². The van der Waals surface area contributed by atoms with Crippen LogP contribution >= 0.6 is 45.8 Å². The van der Waals surface area contributed by atoms with E-state index >= 15 is 0 Å². The van der Waals surface area contributed by atoms with E-state index in [1.165, 1.54) is 13.2 Å². The van der Waals surface area contributed by atoms with Gasteiger partial charge in [-0.2, -0.15) is 0 Å². The van der Waals surface area contributed by atoms with E-state index in [-0.39, 0.29) is 24.0 Å². The minimum absolute atomic E-state index is 0.0447. The van der Waals surface area contributed by atoms with Crippen LogP contribution in [0.25, 0.3) is 6.08 Å². The molecule has 168 valence electrons. The Hall–Kier alpha value is -2.62. The van der Waals surface area contributed by atoms with Crippen molar-refractivity contribution < 1.29 is 23.4 Å². The lowest BCUT2D eigenvalue weighted by Crippen LogP contribution is -2.05. The number of cyclic esters (lactones) is 1. The normalized spacial score (nSPS) is 14.3. The second-order valence-corrected chi connectivity index (χ2v) is 8.86. The number of esters is 1. The highest BCUT2D eigenvalue weighted by Crippen LogP contribution is 2.36. The summed E-state index contributed by atoms with van der Waals surface area (Å²) in [6.45, 7) is 0.0447. The Bertz CT molecular complexity index is 1310. The van der Waals surface area contributed by atoms with Crippen LogP contribution in [-0.4, -0.2) is 19.0 Å². The van der Waals surface area contributed by atoms with Crippen molar-refractivity contribution in [2.45, 2.75) is 6.61 Å². The van der Waals surface area contributed by atoms with E-state index in [4.69, 9.17) is 37.4 Å². The second-order valence-electron chi connectivity index (χ2n) is 6.88. The van der Waals surface area contributed by atoms with E-state index in [9.17, 15) is 9.18 Å². The molecule has 0 atom stereocenters. The van der Waals surface area contributed by atoms with Crippen molar-refractivity contribution in [3.05, 3.63) is 96.4 Å². The SMILES string of the molecule is COc1cc(/C=C2\N=C(c3ccc(Cl)c(Cl)c3)OC2=O)cc(I)c1OCc1ccccc1F. The van der Waals surface area contributed by atoms with Crippen LogP contribution in [0.4, 0.5) is 4.39 Å². The molecule has 1 aliphatic rings. The fourth-order valence-electron chi connectivity index (χ4n) is 3.05. The van der Waals surface area contributed by atoms with Crippen LogP contribution in [0.5, 0.6) is 11.5 Å². The summed E-state index contributed by atoms with van der Waals surface area (Å²) < 4.78 is 31.2. The monoisotopic (exact) mass is 597 g/mol. The number of hydrogen-bond donors (Lipinski definition) is 0. The lowest BCUT2D eigenvalue weighted by Gasteiger charge is -2.14. The molecule has 1 aliphatic heterocycles. The molecule has 5 nitrogen and oxygen atoms in total. The number of carbonyl (C=O) groups is 1. The van der Waals surface area contributed by atoms with Gasteiger partial charge in [0.05, 0.1) is 20.7 Å². The first kappa shape index (κ1) is 23.5. The zero-order valence-corrected chi connectivity index (χ0v) is 20.7. The molecular formula is C24H15Cl2FINO4. The third-order valence-corrected chi connectivity index (χ3v) is 6.21. The average Bonchev–Trinajstić information content (AvgIpc) is 3.15. The molecule has 0 saturated heterocycles. The molecule has 0 radical (unpaired) electrons. The van der Waals surface area contributed by atoms with Gasteiger partial charge in [0.15, 0.2) is 17.2 Å². The Morgan fingerprint density at radius 1 is 1.12 bits per heavy atom. The molecule has 0 aromatic heterocycles. The van der Waals surface area contributed by atoms with Crippen LogP contribution in [0.1, 0.15) is 16.7 Å². The fraction of sp³-hybridized carbons (Fsp3) is 0.0833. The number of halogens is 4. The lowest BCUT2D eigenvalue weighted by atomic mass is 10.1. The van der Waals surface area contributed by atoms with E-state index in [1.807, 2.05) is 0 Å². The molecule has 0 bridgehead atoms. The molecule has 3 aromatic rings. The summed E-state index contributed by atoms with van der Waals surface area (Å²) in [5.41, 5.74) is 1.74. The highest BCUT2D eigenvalue weighted by Gasteiger charge is 2.25. The van der Waals surface area contributed by atoms with Crippen LogP contribution in [-0.2, 0) is 16.1 Å². The summed E-state index contributed by atoms with van der Waals surface area (Å²) in [6.07, 6.45) is 1.58. The van der Waals surface area contributed by atoms with Crippen molar-refractivity contribution in [2.24, 2.45) is 4.99 Å². The molecule has 1 heterocycles. The molecule has 0 unspecified atom stereocenters. The quantitative estimate of drug-likeness (QED) is 0.181. The molecule has 0 amide bonds. The predicted molar refractivity (Wildman–Crippen MR) is 134 cm³/mol. The van der Waals surface area contributed by atoms with Crippen molar-refractivity contribution in [3.63, 3.8) is 0 Å². The van der Waals surface area contributed by atoms with E-state index in [2.05, 4.69) is 27.6 Å². The van der Waals surface area contributed by atoms with Crippen LogP contribution in [0.15, 0.2) is 65.3 Å². The maximum Gasteiger partial charge on any atom is 0.363 e. The minimum atomic E-state index is -0.593. The Morgan fingerprint density at radius 3 is 2.64 bits per heavy atom. The number of benzene rings is 3. The first-order valence-corrected chi connectivity index (χ1v) is 11.4. The van der Waals surface area contributed by atoms with E-state index in [1.54, 1.807) is 54.6 Å². The Morgan fingerprint density at radius 2 is 1.91 bits per heavy atom. The Balaban J connectivity index is 1.60. The van der Waals surface area contributed by atoms with Crippen LogP contribution in [0.3, 0.4) is 0 Å². The molecule has 0 fully saturated rings. The number of nitrogens with zero attached hydrogens (tertiary/aromatic N) is 1. The van der Waals surface area contributed by atoms with Gasteiger partial charge in [-0.05, 0) is 70.6 Å². The average molecular weight is 598 g/mol. The second kappa shape index (κ2) is 10.1. The zero-order valence-electron chi connectivity index (χ0n) is 17.1. The largest absolute Gasteiger partial charge is 0.493 e. The van der Waals surface area contributed by atoms with Gasteiger partial charge in [0.2, 0.25) is 5.90 Å². The van der Waals surface area contributed by atoms with Crippen LogP contribution in [0, 0.1) is 9.39 Å². The molecular weight excluding hydrogens is 583 g/mol. The summed E-state index contributed by atoms with van der Waals surface area (Å²) in [5, 5.41) is 0.718. The molecule has 33 heavy (non-hydrogen) atoms. The molecule has 0 N–H and O–H groups in total. The summed E-state index contributed by atoms with van der Waals surface area (Å²) in [5.74, 6) is 0.104. The third kappa shape index (κ3) is 5.31. The molecule has 0 spiro atoms. The first-order valence-electron chi connectivity index (χ1n) is 9.57. The van der Waals surface area contributed by atoms with E-state index in [0.717, 1.165) is 3.57 Å². The fourth-order valence-corrected chi connectivity index (χ4v) is 4.13. The van der Waals surface area contributed by atoms with Crippen molar-refractivity contribution in [1.82, 2.24) is 0 Å². The number of carbonyl (C=O) groups excluding carboxylic acids is 1. The number of rotatable bonds is 6. The number of methoxy groups -OCH3 is 1. The van der Waals surface area contributed by atoms with Gasteiger partial charge in [-0.3, -0.25) is 0 Å². The van der Waals surface area contributed by atoms with Gasteiger partial charge in [-0.15, -0.1) is 0 Å². The van der Waals surface area contributed by atoms with E-state index < -0.39 is 5.97 Å². The topological polar surface area (TPSA) is 57.1 Å². The number of ether oxygens (including phenoxy) is 3. The number of aliphatic imine (C=N–C) groups is 1. The van der Waals surface area contributed by atoms with Crippen molar-refractivity contribution in [1.29, 1.82) is 0 Å². The van der Waals surface area contributed by atoms with Gasteiger partial charge in [-0.25, -0.2) is 14.2 Å². The van der Waals surface area contributed by atoms with Crippen molar-refractivity contribution in [2.75, 3.05) is 7.11 Å². The van der Waals surface area contributed by atoms with Gasteiger partial charge in [0.1, 0.15) is 12.4 Å².